The van der Waals surface area contributed by atoms with Crippen LogP contribution in [-0.2, 0) is 28.4 Å². The predicted octanol–water partition coefficient (Wildman–Crippen LogP) is -6.30. The number of nitrogens with two attached hydrogens (primary N) is 6. The van der Waals surface area contributed by atoms with Crippen LogP contribution in [0.1, 0.15) is 32.1 Å². The molecule has 3 heterocycles. The molecule has 2 aliphatic carbocycles. The molecule has 0 bridgehead atoms. The molecule has 5 aliphatic rings. The van der Waals surface area contributed by atoms with Crippen LogP contribution in [0.3, 0.4) is 0 Å². The Balaban J connectivity index is 1.29. The molecule has 42 heavy (non-hydrogen) atoms. The van der Waals surface area contributed by atoms with Crippen LogP contribution >= 0.6 is 0 Å². The quantitative estimate of drug-likeness (QED) is 0.116. The summed E-state index contributed by atoms with van der Waals surface area (Å²) in [4.78, 5) is 0. The van der Waals surface area contributed by atoms with Crippen molar-refractivity contribution < 1.29 is 54.0 Å². The lowest BCUT2D eigenvalue weighted by Crippen LogP contribution is -2.66. The van der Waals surface area contributed by atoms with E-state index in [1.165, 1.54) is 0 Å². The highest BCUT2D eigenvalue weighted by atomic mass is 16.8. The maximum absolute atomic E-state index is 11.2. The Kier molecular flexibility index (Phi) is 10.1. The van der Waals surface area contributed by atoms with Crippen molar-refractivity contribution in [2.24, 2.45) is 34.4 Å². The van der Waals surface area contributed by atoms with Gasteiger partial charge in [-0.3, -0.25) is 0 Å². The minimum absolute atomic E-state index is 0.132. The molecule has 0 radical (unpaired) electrons. The van der Waals surface area contributed by atoms with E-state index in [9.17, 15) is 25.5 Å². The van der Waals surface area contributed by atoms with Crippen molar-refractivity contribution in [3.05, 3.63) is 0 Å². The Bertz CT molecular complexity index is 907. The molecule has 244 valence electrons. The van der Waals surface area contributed by atoms with E-state index in [0.717, 1.165) is 12.8 Å². The summed E-state index contributed by atoms with van der Waals surface area (Å²) in [6.07, 6.45) is -11.6. The molecule has 2 saturated carbocycles. The molecular weight excluding hydrogens is 560 g/mol. The Hall–Kier alpha value is -0.680. The van der Waals surface area contributed by atoms with Crippen LogP contribution < -0.4 is 34.4 Å². The van der Waals surface area contributed by atoms with Crippen LogP contribution in [0, 0.1) is 0 Å². The van der Waals surface area contributed by atoms with Gasteiger partial charge in [0, 0.05) is 24.2 Å². The molecule has 0 aromatic heterocycles. The molecule has 3 aliphatic heterocycles. The average molecular weight is 609 g/mol. The van der Waals surface area contributed by atoms with Gasteiger partial charge >= 0.3 is 0 Å². The molecule has 17 atom stereocenters. The number of hydrogen-bond acceptors (Lipinski definition) is 17. The Morgan fingerprint density at radius 2 is 1.31 bits per heavy atom. The summed E-state index contributed by atoms with van der Waals surface area (Å²) >= 11 is 0. The zero-order valence-electron chi connectivity index (χ0n) is 23.4. The van der Waals surface area contributed by atoms with E-state index in [1.54, 1.807) is 0 Å². The van der Waals surface area contributed by atoms with Crippen molar-refractivity contribution in [3.8, 4) is 0 Å². The number of hydrogen-bond donors (Lipinski definition) is 11. The van der Waals surface area contributed by atoms with Gasteiger partial charge in [0.2, 0.25) is 0 Å². The van der Waals surface area contributed by atoms with E-state index in [0.29, 0.717) is 12.8 Å². The van der Waals surface area contributed by atoms with Crippen molar-refractivity contribution in [3.63, 3.8) is 0 Å². The lowest BCUT2D eigenvalue weighted by Gasteiger charge is -2.46. The van der Waals surface area contributed by atoms with Crippen LogP contribution in [0.4, 0.5) is 0 Å². The van der Waals surface area contributed by atoms with Gasteiger partial charge in [-0.25, -0.2) is 0 Å². The summed E-state index contributed by atoms with van der Waals surface area (Å²) in [5.41, 5.74) is 36.5. The maximum Gasteiger partial charge on any atom is 0.187 e. The minimum Gasteiger partial charge on any atom is -0.394 e. The Morgan fingerprint density at radius 3 is 1.95 bits per heavy atom. The monoisotopic (exact) mass is 608 g/mol. The van der Waals surface area contributed by atoms with Crippen LogP contribution in [0.2, 0.25) is 0 Å². The van der Waals surface area contributed by atoms with Crippen LogP contribution in [0.15, 0.2) is 0 Å². The van der Waals surface area contributed by atoms with Crippen molar-refractivity contribution in [2.75, 3.05) is 13.2 Å². The van der Waals surface area contributed by atoms with E-state index in [-0.39, 0.29) is 19.1 Å². The van der Waals surface area contributed by atoms with Gasteiger partial charge < -0.3 is 88.4 Å². The van der Waals surface area contributed by atoms with E-state index in [2.05, 4.69) is 0 Å². The average Bonchev–Trinajstić information content (AvgIpc) is 3.65. The molecule has 17 heteroatoms. The first-order valence-corrected chi connectivity index (χ1v) is 14.7. The third kappa shape index (κ3) is 6.35. The molecule has 1 unspecified atom stereocenters. The van der Waals surface area contributed by atoms with Gasteiger partial charge in [0.05, 0.1) is 30.9 Å². The molecule has 0 spiro atoms. The molecule has 5 rings (SSSR count). The smallest absolute Gasteiger partial charge is 0.187 e. The van der Waals surface area contributed by atoms with Gasteiger partial charge in [0.15, 0.2) is 18.9 Å². The summed E-state index contributed by atoms with van der Waals surface area (Å²) in [5.74, 6) is 0. The fourth-order valence-corrected chi connectivity index (χ4v) is 6.31. The second-order valence-electron chi connectivity index (χ2n) is 12.4. The van der Waals surface area contributed by atoms with Crippen molar-refractivity contribution in [2.45, 2.75) is 142 Å². The zero-order valence-corrected chi connectivity index (χ0v) is 23.4. The summed E-state index contributed by atoms with van der Waals surface area (Å²) in [6.45, 7) is -0.721. The highest BCUT2D eigenvalue weighted by Crippen LogP contribution is 2.42. The minimum atomic E-state index is -1.52. The molecular formula is C25H48N6O11. The number of aliphatic hydroxyl groups is 5. The van der Waals surface area contributed by atoms with Crippen molar-refractivity contribution >= 4 is 0 Å². The molecule has 17 nitrogen and oxygen atoms in total. The normalized spacial score (nSPS) is 52.8. The summed E-state index contributed by atoms with van der Waals surface area (Å²) in [7, 11) is 0. The number of rotatable bonds is 9. The van der Waals surface area contributed by atoms with Crippen LogP contribution in [0.25, 0.3) is 0 Å². The summed E-state index contributed by atoms with van der Waals surface area (Å²) in [5, 5.41) is 52.7. The van der Waals surface area contributed by atoms with Crippen molar-refractivity contribution in [1.82, 2.24) is 0 Å². The standard InChI is InChI=1S/C25H48N6O11/c26-6-11-16(34)17(35)14(30)23(37-11)41-20-12(7-32)38-24(18(20)36)42-21-15(33)9(28)5-10(29)19(21)40-22-8(27)1-2-13(39-22)25(31)3-4-25/h8-24,32-36H,1-7,26-31H2/t8-,9-,10+,11+,12-,13+,14-,15+,16-,17-,18-,19-,20-,21-,22-,23?,24+/m1/s1. The fraction of sp³-hybridized carbons (Fsp3) is 1.00. The van der Waals surface area contributed by atoms with Gasteiger partial charge in [0.25, 0.3) is 0 Å². The Labute approximate surface area is 243 Å². The molecule has 0 aromatic carbocycles. The van der Waals surface area contributed by atoms with Gasteiger partial charge in [-0.15, -0.1) is 0 Å². The van der Waals surface area contributed by atoms with Gasteiger partial charge in [-0.1, -0.05) is 0 Å². The highest BCUT2D eigenvalue weighted by Gasteiger charge is 2.54. The summed E-state index contributed by atoms with van der Waals surface area (Å²) < 4.78 is 35.7. The maximum atomic E-state index is 11.2. The second-order valence-corrected chi connectivity index (χ2v) is 12.4. The van der Waals surface area contributed by atoms with E-state index < -0.39 is 110 Å². The first-order chi connectivity index (χ1) is 19.9. The predicted molar refractivity (Wildman–Crippen MR) is 143 cm³/mol. The zero-order chi connectivity index (χ0) is 30.5. The fourth-order valence-electron chi connectivity index (χ4n) is 6.31. The topological polar surface area (TPSA) is 313 Å². The number of aliphatic hydroxyl groups excluding tert-OH is 5. The van der Waals surface area contributed by atoms with Crippen LogP contribution in [-0.4, -0.2) is 148 Å². The molecule has 3 saturated heterocycles. The molecule has 0 aromatic rings. The first-order valence-electron chi connectivity index (χ1n) is 14.7. The SMILES string of the molecule is NC[C@@H]1OC(O[C@H]2[C@@H](O)[C@H](O[C@@H]3[C@@H](O)[C@H](N)C[C@H](N)[C@H]3O[C@H]3O[C@H](C4(N)CC4)CC[C@H]3N)O[C@@H]2CO)[C@H](N)[C@@H](O)[C@@H]1O. The van der Waals surface area contributed by atoms with E-state index in [4.69, 9.17) is 62.8 Å². The lowest BCUT2D eigenvalue weighted by atomic mass is 9.84. The Morgan fingerprint density at radius 1 is 0.667 bits per heavy atom. The molecule has 0 amide bonds. The van der Waals surface area contributed by atoms with E-state index in [1.807, 2.05) is 0 Å². The largest absolute Gasteiger partial charge is 0.394 e. The van der Waals surface area contributed by atoms with E-state index >= 15 is 0 Å². The van der Waals surface area contributed by atoms with Crippen LogP contribution in [0.5, 0.6) is 0 Å². The van der Waals surface area contributed by atoms with Crippen molar-refractivity contribution in [1.29, 1.82) is 0 Å². The van der Waals surface area contributed by atoms with Gasteiger partial charge in [-0.2, -0.15) is 0 Å². The number of ether oxygens (including phenoxy) is 6. The second kappa shape index (κ2) is 13.0. The van der Waals surface area contributed by atoms with Gasteiger partial charge in [-0.05, 0) is 32.1 Å². The first kappa shape index (κ1) is 32.7. The molecule has 17 N–H and O–H groups in total. The molecule has 5 fully saturated rings. The summed E-state index contributed by atoms with van der Waals surface area (Å²) in [6, 6.07) is -3.13. The third-order valence-electron chi connectivity index (χ3n) is 9.27. The third-order valence-corrected chi connectivity index (χ3v) is 9.27. The lowest BCUT2D eigenvalue weighted by molar-refractivity contribution is -0.291. The van der Waals surface area contributed by atoms with Gasteiger partial charge in [0.1, 0.15) is 48.8 Å². The highest BCUT2D eigenvalue weighted by molar-refractivity contribution is 5.07.